The number of rotatable bonds is 3. The Bertz CT molecular complexity index is 635. The van der Waals surface area contributed by atoms with Crippen molar-refractivity contribution in [2.75, 3.05) is 6.54 Å². The molecule has 1 aromatic carbocycles. The van der Waals surface area contributed by atoms with E-state index in [-0.39, 0.29) is 11.2 Å². The minimum atomic E-state index is -0.284. The van der Waals surface area contributed by atoms with Crippen LogP contribution in [0.1, 0.15) is 25.1 Å². The van der Waals surface area contributed by atoms with Crippen LogP contribution in [0.25, 0.3) is 11.3 Å². The van der Waals surface area contributed by atoms with Gasteiger partial charge < -0.3 is 5.73 Å². The first-order valence-electron chi connectivity index (χ1n) is 6.64. The van der Waals surface area contributed by atoms with Crippen LogP contribution in [0, 0.1) is 5.82 Å². The molecule has 3 nitrogen and oxygen atoms in total. The zero-order valence-electron chi connectivity index (χ0n) is 10.9. The van der Waals surface area contributed by atoms with Crippen LogP contribution in [0.3, 0.4) is 0 Å². The second kappa shape index (κ2) is 5.22. The fourth-order valence-corrected chi connectivity index (χ4v) is 2.94. The third-order valence-electron chi connectivity index (χ3n) is 4.04. The lowest BCUT2D eigenvalue weighted by Crippen LogP contribution is -2.43. The zero-order valence-corrected chi connectivity index (χ0v) is 12.5. The summed E-state index contributed by atoms with van der Waals surface area (Å²) >= 11 is 3.36. The van der Waals surface area contributed by atoms with Crippen molar-refractivity contribution < 1.29 is 4.39 Å². The highest BCUT2D eigenvalue weighted by Gasteiger charge is 2.40. The third kappa shape index (κ3) is 2.25. The number of hydrogen-bond donors (Lipinski definition) is 1. The molecule has 0 atom stereocenters. The second-order valence-electron chi connectivity index (χ2n) is 5.23. The molecule has 104 valence electrons. The van der Waals surface area contributed by atoms with Gasteiger partial charge in [0.2, 0.25) is 0 Å². The van der Waals surface area contributed by atoms with Gasteiger partial charge in [-0.2, -0.15) is 0 Å². The first kappa shape index (κ1) is 13.6. The number of nitrogens with zero attached hydrogens (tertiary/aromatic N) is 2. The van der Waals surface area contributed by atoms with E-state index in [4.69, 9.17) is 5.73 Å². The molecule has 20 heavy (non-hydrogen) atoms. The minimum Gasteiger partial charge on any atom is -0.329 e. The molecule has 0 bridgehead atoms. The van der Waals surface area contributed by atoms with Crippen LogP contribution in [0.15, 0.2) is 34.9 Å². The summed E-state index contributed by atoms with van der Waals surface area (Å²) in [6.07, 6.45) is 4.85. The molecule has 2 N–H and O–H groups in total. The highest BCUT2D eigenvalue weighted by atomic mass is 79.9. The molecule has 1 fully saturated rings. The number of benzene rings is 1. The Morgan fingerprint density at radius 1 is 1.30 bits per heavy atom. The first-order valence-corrected chi connectivity index (χ1v) is 7.43. The molecule has 0 saturated heterocycles. The Labute approximate surface area is 125 Å². The molecule has 1 heterocycles. The summed E-state index contributed by atoms with van der Waals surface area (Å²) in [5.74, 6) is 0.455. The molecule has 0 amide bonds. The van der Waals surface area contributed by atoms with E-state index in [1.165, 1.54) is 6.07 Å². The number of nitrogens with two attached hydrogens (primary N) is 1. The van der Waals surface area contributed by atoms with E-state index < -0.39 is 0 Å². The summed E-state index contributed by atoms with van der Waals surface area (Å²) in [5, 5.41) is 0. The van der Waals surface area contributed by atoms with Crippen molar-refractivity contribution in [2.24, 2.45) is 5.73 Å². The van der Waals surface area contributed by atoms with Crippen molar-refractivity contribution in [3.8, 4) is 11.3 Å². The van der Waals surface area contributed by atoms with Crippen LogP contribution >= 0.6 is 15.9 Å². The Kier molecular flexibility index (Phi) is 3.56. The molecule has 0 radical (unpaired) electrons. The summed E-state index contributed by atoms with van der Waals surface area (Å²) in [7, 11) is 0. The summed E-state index contributed by atoms with van der Waals surface area (Å²) in [5.41, 5.74) is 6.86. The largest absolute Gasteiger partial charge is 0.329 e. The summed E-state index contributed by atoms with van der Waals surface area (Å²) in [6, 6.07) is 6.58. The fraction of sp³-hybridized carbons (Fsp3) is 0.333. The van der Waals surface area contributed by atoms with Gasteiger partial charge in [0.25, 0.3) is 0 Å². The maximum absolute atomic E-state index is 14.0. The van der Waals surface area contributed by atoms with Gasteiger partial charge >= 0.3 is 0 Å². The van der Waals surface area contributed by atoms with E-state index in [1.54, 1.807) is 24.4 Å². The molecular weight excluding hydrogens is 321 g/mol. The lowest BCUT2D eigenvalue weighted by Gasteiger charge is -2.39. The van der Waals surface area contributed by atoms with Crippen LogP contribution in [0.2, 0.25) is 0 Å². The fourth-order valence-electron chi connectivity index (χ4n) is 2.58. The van der Waals surface area contributed by atoms with E-state index in [2.05, 4.69) is 25.9 Å². The van der Waals surface area contributed by atoms with Crippen molar-refractivity contribution in [1.82, 2.24) is 9.97 Å². The standard InChI is InChI=1S/C15H15BrFN3/c16-10-2-3-12(17)11(8-10)13-4-7-19-14(20-13)15(9-18)5-1-6-15/h2-4,7-8H,1,5-6,9,18H2. The molecule has 1 aliphatic carbocycles. The Balaban J connectivity index is 2.05. The SMILES string of the molecule is NCC1(c2nccc(-c3cc(Br)ccc3F)n2)CCC1. The van der Waals surface area contributed by atoms with Gasteiger partial charge in [0.15, 0.2) is 0 Å². The smallest absolute Gasteiger partial charge is 0.136 e. The molecule has 0 aliphatic heterocycles. The summed E-state index contributed by atoms with van der Waals surface area (Å²) in [6.45, 7) is 0.539. The molecule has 1 saturated carbocycles. The minimum absolute atomic E-state index is 0.113. The Morgan fingerprint density at radius 2 is 2.10 bits per heavy atom. The monoisotopic (exact) mass is 335 g/mol. The predicted molar refractivity (Wildman–Crippen MR) is 79.7 cm³/mol. The third-order valence-corrected chi connectivity index (χ3v) is 4.53. The molecule has 5 heteroatoms. The number of halogens is 2. The Hall–Kier alpha value is -1.33. The van der Waals surface area contributed by atoms with Crippen molar-refractivity contribution in [1.29, 1.82) is 0 Å². The lowest BCUT2D eigenvalue weighted by molar-refractivity contribution is 0.238. The van der Waals surface area contributed by atoms with Crippen LogP contribution in [-0.2, 0) is 5.41 Å². The van der Waals surface area contributed by atoms with E-state index in [1.807, 2.05) is 0 Å². The summed E-state index contributed by atoms with van der Waals surface area (Å²) < 4.78 is 14.8. The van der Waals surface area contributed by atoms with Gasteiger partial charge in [0.05, 0.1) is 5.69 Å². The summed E-state index contributed by atoms with van der Waals surface area (Å²) in [4.78, 5) is 8.91. The number of aromatic nitrogens is 2. The highest BCUT2D eigenvalue weighted by molar-refractivity contribution is 9.10. The van der Waals surface area contributed by atoms with Crippen molar-refractivity contribution in [3.63, 3.8) is 0 Å². The zero-order chi connectivity index (χ0) is 14.2. The second-order valence-corrected chi connectivity index (χ2v) is 6.14. The average molecular weight is 336 g/mol. The van der Waals surface area contributed by atoms with Crippen LogP contribution < -0.4 is 5.73 Å². The van der Waals surface area contributed by atoms with Gasteiger partial charge in [-0.3, -0.25) is 0 Å². The van der Waals surface area contributed by atoms with E-state index in [0.717, 1.165) is 29.6 Å². The first-order chi connectivity index (χ1) is 9.64. The molecule has 1 aliphatic rings. The molecular formula is C15H15BrFN3. The molecule has 1 aromatic heterocycles. The van der Waals surface area contributed by atoms with E-state index in [9.17, 15) is 4.39 Å². The van der Waals surface area contributed by atoms with Crippen LogP contribution in [0.4, 0.5) is 4.39 Å². The van der Waals surface area contributed by atoms with Crippen molar-refractivity contribution in [3.05, 3.63) is 46.6 Å². The molecule has 0 unspecified atom stereocenters. The van der Waals surface area contributed by atoms with Crippen LogP contribution in [0.5, 0.6) is 0 Å². The lowest BCUT2D eigenvalue weighted by atomic mass is 9.68. The topological polar surface area (TPSA) is 51.8 Å². The van der Waals surface area contributed by atoms with Gasteiger partial charge in [0.1, 0.15) is 11.6 Å². The van der Waals surface area contributed by atoms with E-state index >= 15 is 0 Å². The Morgan fingerprint density at radius 3 is 2.75 bits per heavy atom. The van der Waals surface area contributed by atoms with Gasteiger partial charge in [0, 0.05) is 28.2 Å². The van der Waals surface area contributed by atoms with Gasteiger partial charge in [-0.1, -0.05) is 22.4 Å². The molecule has 0 spiro atoms. The van der Waals surface area contributed by atoms with E-state index in [0.29, 0.717) is 17.8 Å². The van der Waals surface area contributed by atoms with Gasteiger partial charge in [-0.25, -0.2) is 14.4 Å². The highest BCUT2D eigenvalue weighted by Crippen LogP contribution is 2.41. The van der Waals surface area contributed by atoms with Gasteiger partial charge in [-0.05, 0) is 37.1 Å². The maximum atomic E-state index is 14.0. The normalized spacial score (nSPS) is 16.8. The predicted octanol–water partition coefficient (Wildman–Crippen LogP) is 3.43. The average Bonchev–Trinajstić information content (AvgIpc) is 2.41. The van der Waals surface area contributed by atoms with Crippen molar-refractivity contribution >= 4 is 15.9 Å². The maximum Gasteiger partial charge on any atom is 0.136 e. The quantitative estimate of drug-likeness (QED) is 0.934. The van der Waals surface area contributed by atoms with Crippen molar-refractivity contribution in [2.45, 2.75) is 24.7 Å². The van der Waals surface area contributed by atoms with Crippen LogP contribution in [-0.4, -0.2) is 16.5 Å². The molecule has 3 rings (SSSR count). The number of hydrogen-bond acceptors (Lipinski definition) is 3. The van der Waals surface area contributed by atoms with Gasteiger partial charge in [-0.15, -0.1) is 0 Å². The molecule has 2 aromatic rings.